The summed E-state index contributed by atoms with van der Waals surface area (Å²) >= 11 is 0. The van der Waals surface area contributed by atoms with E-state index in [1.54, 1.807) is 0 Å². The normalized spacial score (nSPS) is 13.5. The van der Waals surface area contributed by atoms with E-state index in [0.29, 0.717) is 13.2 Å². The molecule has 0 heterocycles. The second-order valence-corrected chi connectivity index (χ2v) is 2.94. The number of rotatable bonds is 9. The van der Waals surface area contributed by atoms with Crippen LogP contribution in [0.5, 0.6) is 0 Å². The second-order valence-electron chi connectivity index (χ2n) is 2.94. The van der Waals surface area contributed by atoms with Gasteiger partial charge in [-0.3, -0.25) is 9.68 Å². The highest BCUT2D eigenvalue weighted by molar-refractivity contribution is 4.38. The molecule has 86 valence electrons. The first kappa shape index (κ1) is 13.8. The van der Waals surface area contributed by atoms with Crippen LogP contribution in [0.25, 0.3) is 0 Å². The van der Waals surface area contributed by atoms with Crippen LogP contribution in [0.15, 0.2) is 0 Å². The summed E-state index contributed by atoms with van der Waals surface area (Å²) in [5.74, 6) is 0. The summed E-state index contributed by atoms with van der Waals surface area (Å²) in [5.41, 5.74) is 0. The minimum absolute atomic E-state index is 0.151. The van der Waals surface area contributed by atoms with Crippen molar-refractivity contribution >= 4 is 0 Å². The summed E-state index contributed by atoms with van der Waals surface area (Å²) in [4.78, 5) is 10.5. The van der Waals surface area contributed by atoms with Crippen LogP contribution >= 0.6 is 0 Å². The van der Waals surface area contributed by atoms with Gasteiger partial charge in [-0.2, -0.15) is 0 Å². The number of unbranched alkanes of at least 4 members (excludes halogenated alkanes) is 1. The fourth-order valence-corrected chi connectivity index (χ4v) is 0.961. The maximum atomic E-state index is 5.53. The van der Waals surface area contributed by atoms with E-state index in [1.807, 2.05) is 20.8 Å². The molecule has 0 spiro atoms. The molecule has 0 aliphatic carbocycles. The maximum absolute atomic E-state index is 5.53. The molecule has 4 nitrogen and oxygen atoms in total. The van der Waals surface area contributed by atoms with Crippen molar-refractivity contribution in [2.24, 2.45) is 0 Å². The first-order valence-corrected chi connectivity index (χ1v) is 5.42. The van der Waals surface area contributed by atoms with Crippen LogP contribution in [0.3, 0.4) is 0 Å². The van der Waals surface area contributed by atoms with Crippen molar-refractivity contribution in [3.8, 4) is 0 Å². The predicted octanol–water partition coefficient (Wildman–Crippen LogP) is 2.35. The lowest BCUT2D eigenvalue weighted by molar-refractivity contribution is -0.417. The molecule has 0 saturated carbocycles. The monoisotopic (exact) mass is 205 g/mol. The molecule has 14 heavy (non-hydrogen) atoms. The van der Waals surface area contributed by atoms with E-state index in [4.69, 9.17) is 14.4 Å². The van der Waals surface area contributed by atoms with E-state index in [2.05, 4.69) is 6.92 Å². The largest absolute Gasteiger partial charge is 0.359 e. The molecule has 1 unspecified atom stereocenters. The Balaban J connectivity index is 3.69. The van der Waals surface area contributed by atoms with E-state index in [1.165, 1.54) is 5.23 Å². The predicted molar refractivity (Wildman–Crippen MR) is 55.4 cm³/mol. The van der Waals surface area contributed by atoms with Crippen LogP contribution in [0.2, 0.25) is 0 Å². The molecule has 4 heteroatoms. The first-order valence-electron chi connectivity index (χ1n) is 5.42. The lowest BCUT2D eigenvalue weighted by Gasteiger charge is -2.25. The van der Waals surface area contributed by atoms with Gasteiger partial charge in [0.2, 0.25) is 0 Å². The van der Waals surface area contributed by atoms with Crippen molar-refractivity contribution in [2.75, 3.05) is 19.8 Å². The second kappa shape index (κ2) is 9.40. The zero-order chi connectivity index (χ0) is 10.8. The summed E-state index contributed by atoms with van der Waals surface area (Å²) < 4.78 is 5.53. The average molecular weight is 205 g/mol. The van der Waals surface area contributed by atoms with Gasteiger partial charge in [-0.15, -0.1) is 0 Å². The third kappa shape index (κ3) is 6.32. The van der Waals surface area contributed by atoms with Crippen LogP contribution in [0.4, 0.5) is 0 Å². The van der Waals surface area contributed by atoms with Crippen LogP contribution in [0.1, 0.15) is 40.5 Å². The molecule has 0 aliphatic heterocycles. The van der Waals surface area contributed by atoms with Crippen molar-refractivity contribution in [1.29, 1.82) is 0 Å². The zero-order valence-corrected chi connectivity index (χ0v) is 9.78. The molecular weight excluding hydrogens is 182 g/mol. The van der Waals surface area contributed by atoms with Crippen molar-refractivity contribution < 1.29 is 14.4 Å². The number of nitrogens with zero attached hydrogens (tertiary/aromatic N) is 1. The van der Waals surface area contributed by atoms with Gasteiger partial charge in [0.15, 0.2) is 6.23 Å². The third-order valence-electron chi connectivity index (χ3n) is 1.67. The van der Waals surface area contributed by atoms with Gasteiger partial charge in [-0.1, -0.05) is 13.3 Å². The molecule has 0 N–H and O–H groups in total. The Bertz CT molecular complexity index is 116. The van der Waals surface area contributed by atoms with Crippen LogP contribution in [-0.2, 0) is 14.4 Å². The topological polar surface area (TPSA) is 30.9 Å². The Morgan fingerprint density at radius 3 is 2.07 bits per heavy atom. The highest BCUT2D eigenvalue weighted by Gasteiger charge is 2.14. The van der Waals surface area contributed by atoms with Crippen LogP contribution < -0.4 is 0 Å². The third-order valence-corrected chi connectivity index (χ3v) is 1.67. The van der Waals surface area contributed by atoms with Crippen molar-refractivity contribution in [2.45, 2.75) is 46.8 Å². The Hall–Kier alpha value is -0.160. The van der Waals surface area contributed by atoms with Gasteiger partial charge < -0.3 is 4.74 Å². The van der Waals surface area contributed by atoms with Gasteiger partial charge in [0.25, 0.3) is 0 Å². The molecular formula is C10H23NO3. The van der Waals surface area contributed by atoms with Gasteiger partial charge in [0, 0.05) is 6.61 Å². The molecule has 0 fully saturated rings. The number of hydrogen-bond acceptors (Lipinski definition) is 4. The SMILES string of the molecule is CCCCOC(C)N(OCC)OCC. The minimum atomic E-state index is -0.151. The number of hydroxylamine groups is 2. The molecule has 0 radical (unpaired) electrons. The van der Waals surface area contributed by atoms with Gasteiger partial charge in [0.1, 0.15) is 0 Å². The van der Waals surface area contributed by atoms with Gasteiger partial charge in [-0.25, -0.2) is 0 Å². The number of ether oxygens (including phenoxy) is 1. The summed E-state index contributed by atoms with van der Waals surface area (Å²) in [7, 11) is 0. The van der Waals surface area contributed by atoms with E-state index < -0.39 is 0 Å². The summed E-state index contributed by atoms with van der Waals surface area (Å²) in [6.45, 7) is 9.81. The van der Waals surface area contributed by atoms with Crippen LogP contribution in [-0.4, -0.2) is 31.3 Å². The number of hydrogen-bond donors (Lipinski definition) is 0. The van der Waals surface area contributed by atoms with Crippen molar-refractivity contribution in [1.82, 2.24) is 5.23 Å². The molecule has 0 saturated heterocycles. The lowest BCUT2D eigenvalue weighted by atomic mass is 10.4. The molecule has 0 aliphatic rings. The minimum Gasteiger partial charge on any atom is -0.359 e. The summed E-state index contributed by atoms with van der Waals surface area (Å²) in [6.07, 6.45) is 2.05. The Labute approximate surface area is 87.0 Å². The van der Waals surface area contributed by atoms with Gasteiger partial charge >= 0.3 is 0 Å². The molecule has 0 amide bonds. The molecule has 0 rings (SSSR count). The molecule has 0 aromatic carbocycles. The van der Waals surface area contributed by atoms with Crippen molar-refractivity contribution in [3.63, 3.8) is 0 Å². The lowest BCUT2D eigenvalue weighted by Crippen LogP contribution is -2.35. The highest BCUT2D eigenvalue weighted by Crippen LogP contribution is 2.04. The van der Waals surface area contributed by atoms with Gasteiger partial charge in [-0.05, 0) is 32.4 Å². The van der Waals surface area contributed by atoms with E-state index >= 15 is 0 Å². The standard InChI is InChI=1S/C10H23NO3/c1-5-8-9-12-10(4)11(13-6-2)14-7-3/h10H,5-9H2,1-4H3. The summed E-state index contributed by atoms with van der Waals surface area (Å²) in [6, 6.07) is 0. The molecule has 0 aromatic rings. The highest BCUT2D eigenvalue weighted by atomic mass is 17.0. The molecule has 1 atom stereocenters. The quantitative estimate of drug-likeness (QED) is 0.328. The van der Waals surface area contributed by atoms with E-state index in [-0.39, 0.29) is 6.23 Å². The molecule has 0 bridgehead atoms. The Kier molecular flexibility index (Phi) is 9.29. The van der Waals surface area contributed by atoms with Crippen LogP contribution in [0, 0.1) is 0 Å². The fraction of sp³-hybridized carbons (Fsp3) is 1.00. The van der Waals surface area contributed by atoms with E-state index in [0.717, 1.165) is 19.4 Å². The Morgan fingerprint density at radius 1 is 1.07 bits per heavy atom. The van der Waals surface area contributed by atoms with Gasteiger partial charge in [0.05, 0.1) is 13.2 Å². The zero-order valence-electron chi connectivity index (χ0n) is 9.78. The fourth-order valence-electron chi connectivity index (χ4n) is 0.961. The first-order chi connectivity index (χ1) is 6.76. The average Bonchev–Trinajstić information content (AvgIpc) is 2.18. The van der Waals surface area contributed by atoms with Crippen molar-refractivity contribution in [3.05, 3.63) is 0 Å². The van der Waals surface area contributed by atoms with E-state index in [9.17, 15) is 0 Å². The smallest absolute Gasteiger partial charge is 0.157 e. The Morgan fingerprint density at radius 2 is 1.64 bits per heavy atom. The summed E-state index contributed by atoms with van der Waals surface area (Å²) in [5, 5.41) is 1.43. The molecule has 0 aromatic heterocycles. The maximum Gasteiger partial charge on any atom is 0.157 e.